The minimum atomic E-state index is -4.48. The summed E-state index contributed by atoms with van der Waals surface area (Å²) in [5.74, 6) is -0.897. The maximum absolute atomic E-state index is 12.6. The molecule has 0 unspecified atom stereocenters. The largest absolute Gasteiger partial charge is 0.507 e. The number of phenols is 1. The quantitative estimate of drug-likeness (QED) is 0.880. The van der Waals surface area contributed by atoms with E-state index in [2.05, 4.69) is 5.32 Å². The van der Waals surface area contributed by atoms with Gasteiger partial charge in [-0.3, -0.25) is 4.79 Å². The summed E-state index contributed by atoms with van der Waals surface area (Å²) in [5.41, 5.74) is -0.0793. The molecule has 0 aromatic heterocycles. The van der Waals surface area contributed by atoms with Crippen LogP contribution in [0.2, 0.25) is 0 Å². The van der Waals surface area contributed by atoms with Gasteiger partial charge in [0.05, 0.1) is 11.1 Å². The van der Waals surface area contributed by atoms with E-state index in [1.807, 2.05) is 0 Å². The van der Waals surface area contributed by atoms with E-state index in [4.69, 9.17) is 0 Å². The first-order valence-electron chi connectivity index (χ1n) is 6.05. The van der Waals surface area contributed by atoms with Crippen molar-refractivity contribution in [1.82, 2.24) is 0 Å². The fourth-order valence-electron chi connectivity index (χ4n) is 1.81. The highest BCUT2D eigenvalue weighted by molar-refractivity contribution is 6.06. The molecule has 0 heterocycles. The second kappa shape index (κ2) is 5.47. The van der Waals surface area contributed by atoms with Crippen LogP contribution in [-0.2, 0) is 6.18 Å². The zero-order chi connectivity index (χ0) is 15.6. The third-order valence-electron chi connectivity index (χ3n) is 2.85. The molecule has 2 aromatic carbocycles. The van der Waals surface area contributed by atoms with E-state index in [9.17, 15) is 23.1 Å². The van der Waals surface area contributed by atoms with Gasteiger partial charge in [0.25, 0.3) is 5.91 Å². The van der Waals surface area contributed by atoms with Gasteiger partial charge < -0.3 is 10.4 Å². The summed E-state index contributed by atoms with van der Waals surface area (Å²) in [7, 11) is 0. The Bertz CT molecular complexity index is 681. The highest BCUT2D eigenvalue weighted by atomic mass is 19.4. The SMILES string of the molecule is Cc1ccc(C(=O)Nc2cccc(C(F)(F)F)c2)c(O)c1. The first-order valence-corrected chi connectivity index (χ1v) is 6.05. The number of nitrogens with one attached hydrogen (secondary N) is 1. The van der Waals surface area contributed by atoms with Crippen LogP contribution in [0, 0.1) is 6.92 Å². The van der Waals surface area contributed by atoms with Crippen molar-refractivity contribution in [1.29, 1.82) is 0 Å². The maximum Gasteiger partial charge on any atom is 0.416 e. The molecule has 0 bridgehead atoms. The van der Waals surface area contributed by atoms with Crippen molar-refractivity contribution in [2.75, 3.05) is 5.32 Å². The summed E-state index contributed by atoms with van der Waals surface area (Å²) < 4.78 is 37.8. The molecule has 0 radical (unpaired) electrons. The van der Waals surface area contributed by atoms with Crippen LogP contribution in [-0.4, -0.2) is 11.0 Å². The first-order chi connectivity index (χ1) is 9.77. The Balaban J connectivity index is 2.24. The van der Waals surface area contributed by atoms with Crippen LogP contribution in [0.3, 0.4) is 0 Å². The molecule has 2 rings (SSSR count). The van der Waals surface area contributed by atoms with Crippen LogP contribution in [0.5, 0.6) is 5.75 Å². The van der Waals surface area contributed by atoms with Crippen molar-refractivity contribution in [3.8, 4) is 5.75 Å². The Labute approximate surface area is 119 Å². The molecule has 0 fully saturated rings. The number of hydrogen-bond donors (Lipinski definition) is 2. The summed E-state index contributed by atoms with van der Waals surface area (Å²) in [5, 5.41) is 12.0. The molecule has 2 N–H and O–H groups in total. The summed E-state index contributed by atoms with van der Waals surface area (Å²) in [6.45, 7) is 1.74. The first kappa shape index (κ1) is 14.9. The standard InChI is InChI=1S/C15H12F3NO2/c1-9-5-6-12(13(20)7-9)14(21)19-11-4-2-3-10(8-11)15(16,17)18/h2-8,20H,1H3,(H,19,21). The lowest BCUT2D eigenvalue weighted by molar-refractivity contribution is -0.137. The number of aryl methyl sites for hydroxylation is 1. The van der Waals surface area contributed by atoms with Gasteiger partial charge in [-0.15, -0.1) is 0 Å². The molecular formula is C15H12F3NO2. The molecule has 110 valence electrons. The van der Waals surface area contributed by atoms with Crippen LogP contribution in [0.1, 0.15) is 21.5 Å². The van der Waals surface area contributed by atoms with Gasteiger partial charge in [0, 0.05) is 5.69 Å². The van der Waals surface area contributed by atoms with E-state index in [1.165, 1.54) is 24.3 Å². The van der Waals surface area contributed by atoms with Crippen LogP contribution < -0.4 is 5.32 Å². The molecule has 21 heavy (non-hydrogen) atoms. The van der Waals surface area contributed by atoms with Crippen LogP contribution in [0.25, 0.3) is 0 Å². The number of rotatable bonds is 2. The number of alkyl halides is 3. The zero-order valence-corrected chi connectivity index (χ0v) is 11.0. The lowest BCUT2D eigenvalue weighted by atomic mass is 10.1. The fraction of sp³-hybridized carbons (Fsp3) is 0.133. The number of halogens is 3. The third kappa shape index (κ3) is 3.53. The molecule has 0 saturated carbocycles. The van der Waals surface area contributed by atoms with Gasteiger partial charge in [-0.25, -0.2) is 0 Å². The van der Waals surface area contributed by atoms with Gasteiger partial charge in [0.2, 0.25) is 0 Å². The molecule has 1 amide bonds. The van der Waals surface area contributed by atoms with Crippen molar-refractivity contribution >= 4 is 11.6 Å². The van der Waals surface area contributed by atoms with Crippen molar-refractivity contribution in [2.45, 2.75) is 13.1 Å². The van der Waals surface area contributed by atoms with Gasteiger partial charge in [-0.1, -0.05) is 12.1 Å². The maximum atomic E-state index is 12.6. The fourth-order valence-corrected chi connectivity index (χ4v) is 1.81. The Morgan fingerprint density at radius 3 is 2.48 bits per heavy atom. The number of benzene rings is 2. The highest BCUT2D eigenvalue weighted by Crippen LogP contribution is 2.31. The molecule has 0 atom stereocenters. The van der Waals surface area contributed by atoms with Crippen molar-refractivity contribution in [2.24, 2.45) is 0 Å². The van der Waals surface area contributed by atoms with Crippen LogP contribution in [0.15, 0.2) is 42.5 Å². The number of anilines is 1. The number of aromatic hydroxyl groups is 1. The predicted molar refractivity (Wildman–Crippen MR) is 72.2 cm³/mol. The van der Waals surface area contributed by atoms with Gasteiger partial charge in [0.15, 0.2) is 0 Å². The van der Waals surface area contributed by atoms with Gasteiger partial charge in [-0.05, 0) is 42.8 Å². The number of phenolic OH excluding ortho intramolecular Hbond substituents is 1. The molecule has 0 aliphatic heterocycles. The smallest absolute Gasteiger partial charge is 0.416 e. The Morgan fingerprint density at radius 2 is 1.86 bits per heavy atom. The normalized spacial score (nSPS) is 11.2. The van der Waals surface area contributed by atoms with Crippen LogP contribution >= 0.6 is 0 Å². The molecular weight excluding hydrogens is 283 g/mol. The van der Waals surface area contributed by atoms with E-state index in [1.54, 1.807) is 13.0 Å². The van der Waals surface area contributed by atoms with E-state index in [0.29, 0.717) is 0 Å². The number of amides is 1. The average Bonchev–Trinajstić information content (AvgIpc) is 2.37. The number of carbonyl (C=O) groups excluding carboxylic acids is 1. The summed E-state index contributed by atoms with van der Waals surface area (Å²) in [6.07, 6.45) is -4.48. The van der Waals surface area contributed by atoms with Gasteiger partial charge in [-0.2, -0.15) is 13.2 Å². The minimum Gasteiger partial charge on any atom is -0.507 e. The Morgan fingerprint density at radius 1 is 1.14 bits per heavy atom. The third-order valence-corrected chi connectivity index (χ3v) is 2.85. The molecule has 0 saturated heterocycles. The molecule has 2 aromatic rings. The molecule has 3 nitrogen and oxygen atoms in total. The predicted octanol–water partition coefficient (Wildman–Crippen LogP) is 3.97. The van der Waals surface area contributed by atoms with E-state index >= 15 is 0 Å². The second-order valence-electron chi connectivity index (χ2n) is 4.55. The molecule has 0 aliphatic carbocycles. The molecule has 0 spiro atoms. The van der Waals surface area contributed by atoms with Crippen LogP contribution in [0.4, 0.5) is 18.9 Å². The van der Waals surface area contributed by atoms with Crippen molar-refractivity contribution in [3.05, 3.63) is 59.2 Å². The van der Waals surface area contributed by atoms with Gasteiger partial charge in [0.1, 0.15) is 5.75 Å². The minimum absolute atomic E-state index is 0.00184. The average molecular weight is 295 g/mol. The summed E-state index contributed by atoms with van der Waals surface area (Å²) in [4.78, 5) is 12.0. The monoisotopic (exact) mass is 295 g/mol. The second-order valence-corrected chi connectivity index (χ2v) is 4.55. The van der Waals surface area contributed by atoms with E-state index < -0.39 is 17.6 Å². The Kier molecular flexibility index (Phi) is 3.88. The lowest BCUT2D eigenvalue weighted by Crippen LogP contribution is -2.13. The zero-order valence-electron chi connectivity index (χ0n) is 11.0. The van der Waals surface area contributed by atoms with Gasteiger partial charge >= 0.3 is 6.18 Å². The highest BCUT2D eigenvalue weighted by Gasteiger charge is 2.30. The summed E-state index contributed by atoms with van der Waals surface area (Å²) >= 11 is 0. The number of hydrogen-bond acceptors (Lipinski definition) is 2. The molecule has 0 aliphatic rings. The number of carbonyl (C=O) groups is 1. The lowest BCUT2D eigenvalue weighted by Gasteiger charge is -2.10. The Hall–Kier alpha value is -2.50. The van der Waals surface area contributed by atoms with Crippen molar-refractivity contribution < 1.29 is 23.1 Å². The van der Waals surface area contributed by atoms with Crippen molar-refractivity contribution in [3.63, 3.8) is 0 Å². The van der Waals surface area contributed by atoms with E-state index in [-0.39, 0.29) is 17.0 Å². The molecule has 6 heteroatoms. The topological polar surface area (TPSA) is 49.3 Å². The summed E-state index contributed by atoms with van der Waals surface area (Å²) in [6, 6.07) is 8.74. The van der Waals surface area contributed by atoms with E-state index in [0.717, 1.165) is 17.7 Å².